The number of hydrogen-bond acceptors (Lipinski definition) is 6. The van der Waals surface area contributed by atoms with Gasteiger partial charge in [-0.15, -0.1) is 0 Å². The molecule has 0 aliphatic heterocycles. The standard InChI is InChI=1S/C11H22N6/c1-4-17(5-2)8-9(3)14-10-6-7-13-11(15-10)16-12/h6-7,9H,4-5,8,12H2,1-3H3,(H2,13,14,15,16). The topological polar surface area (TPSA) is 79.1 Å². The fourth-order valence-electron chi connectivity index (χ4n) is 1.68. The average Bonchev–Trinajstić information content (AvgIpc) is 2.36. The number of rotatable bonds is 7. The first-order chi connectivity index (χ1) is 8.19. The smallest absolute Gasteiger partial charge is 0.239 e. The lowest BCUT2D eigenvalue weighted by Gasteiger charge is -2.23. The van der Waals surface area contributed by atoms with Gasteiger partial charge in [-0.05, 0) is 26.1 Å². The van der Waals surface area contributed by atoms with Crippen LogP contribution in [0.5, 0.6) is 0 Å². The van der Waals surface area contributed by atoms with Gasteiger partial charge in [-0.2, -0.15) is 4.98 Å². The summed E-state index contributed by atoms with van der Waals surface area (Å²) in [4.78, 5) is 10.5. The molecule has 96 valence electrons. The number of nitrogen functional groups attached to an aromatic ring is 1. The van der Waals surface area contributed by atoms with Gasteiger partial charge in [0, 0.05) is 18.8 Å². The van der Waals surface area contributed by atoms with E-state index in [9.17, 15) is 0 Å². The fraction of sp³-hybridized carbons (Fsp3) is 0.636. The summed E-state index contributed by atoms with van der Waals surface area (Å²) in [7, 11) is 0. The molecule has 0 fully saturated rings. The molecule has 1 heterocycles. The molecule has 4 N–H and O–H groups in total. The van der Waals surface area contributed by atoms with Crippen molar-refractivity contribution >= 4 is 11.8 Å². The van der Waals surface area contributed by atoms with Gasteiger partial charge in [0.15, 0.2) is 0 Å². The largest absolute Gasteiger partial charge is 0.366 e. The van der Waals surface area contributed by atoms with Crippen LogP contribution in [0, 0.1) is 0 Å². The van der Waals surface area contributed by atoms with Gasteiger partial charge in [0.2, 0.25) is 5.95 Å². The molecule has 0 amide bonds. The number of nitrogens with zero attached hydrogens (tertiary/aromatic N) is 3. The highest BCUT2D eigenvalue weighted by molar-refractivity contribution is 5.39. The van der Waals surface area contributed by atoms with Crippen molar-refractivity contribution in [3.8, 4) is 0 Å². The Bertz CT molecular complexity index is 325. The summed E-state index contributed by atoms with van der Waals surface area (Å²) in [6, 6.07) is 2.16. The van der Waals surface area contributed by atoms with Gasteiger partial charge in [0.1, 0.15) is 5.82 Å². The summed E-state index contributed by atoms with van der Waals surface area (Å²) < 4.78 is 0. The molecule has 1 atom stereocenters. The number of aromatic nitrogens is 2. The maximum Gasteiger partial charge on any atom is 0.239 e. The minimum absolute atomic E-state index is 0.329. The second kappa shape index (κ2) is 7.03. The van der Waals surface area contributed by atoms with Crippen LogP contribution in [0.2, 0.25) is 0 Å². The Labute approximate surface area is 103 Å². The van der Waals surface area contributed by atoms with Gasteiger partial charge >= 0.3 is 0 Å². The van der Waals surface area contributed by atoms with E-state index in [-0.39, 0.29) is 0 Å². The Morgan fingerprint density at radius 2 is 2.12 bits per heavy atom. The van der Waals surface area contributed by atoms with Crippen molar-refractivity contribution < 1.29 is 0 Å². The zero-order chi connectivity index (χ0) is 12.7. The number of nitrogens with two attached hydrogens (primary N) is 1. The van der Waals surface area contributed by atoms with Crippen LogP contribution in [0.3, 0.4) is 0 Å². The Balaban J connectivity index is 2.52. The number of hydrazine groups is 1. The number of anilines is 2. The van der Waals surface area contributed by atoms with E-state index in [0.29, 0.717) is 12.0 Å². The van der Waals surface area contributed by atoms with E-state index in [4.69, 9.17) is 5.84 Å². The van der Waals surface area contributed by atoms with Crippen molar-refractivity contribution in [1.29, 1.82) is 0 Å². The molecule has 0 bridgehead atoms. The van der Waals surface area contributed by atoms with Crippen LogP contribution in [0.4, 0.5) is 11.8 Å². The average molecular weight is 238 g/mol. The normalized spacial score (nSPS) is 12.5. The van der Waals surface area contributed by atoms with E-state index in [2.05, 4.69) is 46.4 Å². The summed E-state index contributed by atoms with van der Waals surface area (Å²) in [6.07, 6.45) is 1.68. The molecule has 0 radical (unpaired) electrons. The molecule has 6 nitrogen and oxygen atoms in total. The zero-order valence-electron chi connectivity index (χ0n) is 10.8. The summed E-state index contributed by atoms with van der Waals surface area (Å²) in [5, 5.41) is 3.33. The summed E-state index contributed by atoms with van der Waals surface area (Å²) in [5.74, 6) is 6.47. The molecule has 0 spiro atoms. The predicted octanol–water partition coefficient (Wildman–Crippen LogP) is 0.904. The second-order valence-electron chi connectivity index (χ2n) is 3.94. The summed E-state index contributed by atoms with van der Waals surface area (Å²) in [6.45, 7) is 9.57. The van der Waals surface area contributed by atoms with Crippen LogP contribution in [-0.2, 0) is 0 Å². The molecule has 0 saturated carbocycles. The highest BCUT2D eigenvalue weighted by Gasteiger charge is 2.07. The second-order valence-corrected chi connectivity index (χ2v) is 3.94. The van der Waals surface area contributed by atoms with Crippen LogP contribution < -0.4 is 16.6 Å². The van der Waals surface area contributed by atoms with E-state index in [1.807, 2.05) is 6.07 Å². The zero-order valence-corrected chi connectivity index (χ0v) is 10.8. The minimum Gasteiger partial charge on any atom is -0.366 e. The lowest BCUT2D eigenvalue weighted by atomic mass is 10.3. The molecule has 1 rings (SSSR count). The predicted molar refractivity (Wildman–Crippen MR) is 70.7 cm³/mol. The quantitative estimate of drug-likeness (QED) is 0.484. The van der Waals surface area contributed by atoms with E-state index in [1.165, 1.54) is 0 Å². The third-order valence-electron chi connectivity index (χ3n) is 2.61. The van der Waals surface area contributed by atoms with Crippen LogP contribution in [0.25, 0.3) is 0 Å². The van der Waals surface area contributed by atoms with Gasteiger partial charge < -0.3 is 10.2 Å². The van der Waals surface area contributed by atoms with E-state index >= 15 is 0 Å². The highest BCUT2D eigenvalue weighted by atomic mass is 15.3. The molecule has 0 aliphatic carbocycles. The number of hydrogen-bond donors (Lipinski definition) is 3. The lowest BCUT2D eigenvalue weighted by molar-refractivity contribution is 0.294. The van der Waals surface area contributed by atoms with Crippen LogP contribution in [0.1, 0.15) is 20.8 Å². The summed E-state index contributed by atoms with van der Waals surface area (Å²) in [5.41, 5.74) is 2.43. The van der Waals surface area contributed by atoms with Gasteiger partial charge in [0.05, 0.1) is 0 Å². The maximum atomic E-state index is 5.26. The first kappa shape index (κ1) is 13.7. The number of likely N-dealkylation sites (N-methyl/N-ethyl adjacent to an activating group) is 1. The molecular formula is C11H22N6. The number of nitrogens with one attached hydrogen (secondary N) is 2. The van der Waals surface area contributed by atoms with Crippen molar-refractivity contribution in [2.75, 3.05) is 30.4 Å². The summed E-state index contributed by atoms with van der Waals surface area (Å²) >= 11 is 0. The molecule has 0 aromatic carbocycles. The van der Waals surface area contributed by atoms with E-state index in [0.717, 1.165) is 25.5 Å². The third kappa shape index (κ3) is 4.54. The Morgan fingerprint density at radius 3 is 2.71 bits per heavy atom. The van der Waals surface area contributed by atoms with Crippen molar-refractivity contribution in [3.63, 3.8) is 0 Å². The van der Waals surface area contributed by atoms with Crippen molar-refractivity contribution in [1.82, 2.24) is 14.9 Å². The van der Waals surface area contributed by atoms with Crippen molar-refractivity contribution in [3.05, 3.63) is 12.3 Å². The maximum absolute atomic E-state index is 5.26. The first-order valence-corrected chi connectivity index (χ1v) is 5.98. The van der Waals surface area contributed by atoms with Gasteiger partial charge in [-0.3, -0.25) is 5.43 Å². The third-order valence-corrected chi connectivity index (χ3v) is 2.61. The Kier molecular flexibility index (Phi) is 5.65. The SMILES string of the molecule is CCN(CC)CC(C)Nc1ccnc(NN)n1. The lowest BCUT2D eigenvalue weighted by Crippen LogP contribution is -2.35. The molecule has 1 aromatic heterocycles. The van der Waals surface area contributed by atoms with Crippen LogP contribution >= 0.6 is 0 Å². The van der Waals surface area contributed by atoms with E-state index < -0.39 is 0 Å². The minimum atomic E-state index is 0.329. The Hall–Kier alpha value is -1.40. The molecule has 17 heavy (non-hydrogen) atoms. The van der Waals surface area contributed by atoms with Gasteiger partial charge in [-0.1, -0.05) is 13.8 Å². The molecule has 1 aromatic rings. The molecule has 6 heteroatoms. The molecule has 1 unspecified atom stereocenters. The van der Waals surface area contributed by atoms with Crippen LogP contribution in [0.15, 0.2) is 12.3 Å². The van der Waals surface area contributed by atoms with Crippen LogP contribution in [-0.4, -0.2) is 40.5 Å². The highest BCUT2D eigenvalue weighted by Crippen LogP contribution is 2.06. The van der Waals surface area contributed by atoms with Gasteiger partial charge in [0.25, 0.3) is 0 Å². The first-order valence-electron chi connectivity index (χ1n) is 5.98. The molecule has 0 aliphatic rings. The molecule has 0 saturated heterocycles. The molecular weight excluding hydrogens is 216 g/mol. The van der Waals surface area contributed by atoms with E-state index in [1.54, 1.807) is 6.20 Å². The fourth-order valence-corrected chi connectivity index (χ4v) is 1.68. The van der Waals surface area contributed by atoms with Crippen molar-refractivity contribution in [2.24, 2.45) is 5.84 Å². The Morgan fingerprint density at radius 1 is 1.41 bits per heavy atom. The van der Waals surface area contributed by atoms with Gasteiger partial charge in [-0.25, -0.2) is 10.8 Å². The van der Waals surface area contributed by atoms with Crippen molar-refractivity contribution in [2.45, 2.75) is 26.8 Å². The monoisotopic (exact) mass is 238 g/mol.